The summed E-state index contributed by atoms with van der Waals surface area (Å²) >= 11 is 0. The van der Waals surface area contributed by atoms with Crippen LogP contribution in [0.2, 0.25) is 0 Å². The maximum atomic E-state index is 9.82. The molecule has 2 aromatic rings. The summed E-state index contributed by atoms with van der Waals surface area (Å²) in [5.41, 5.74) is 0. The predicted octanol–water partition coefficient (Wildman–Crippen LogP) is 1.05. The van der Waals surface area contributed by atoms with Gasteiger partial charge in [0.05, 0.1) is 12.7 Å². The fraction of sp³-hybridized carbons (Fsp3) is 0.375. The Balaban J connectivity index is 1.82. The van der Waals surface area contributed by atoms with Gasteiger partial charge >= 0.3 is 0 Å². The van der Waals surface area contributed by atoms with Gasteiger partial charge in [0.15, 0.2) is 0 Å². The Hall–Kier alpha value is -1.66. The molecule has 3 N–H and O–H groups in total. The minimum Gasteiger partial charge on any atom is -0.464 e. The molecular formula is C16H18O5. The second-order valence-electron chi connectivity index (χ2n) is 5.18. The summed E-state index contributed by atoms with van der Waals surface area (Å²) in [5, 5.41) is 30.7. The molecule has 0 radical (unpaired) electrons. The summed E-state index contributed by atoms with van der Waals surface area (Å²) in [7, 11) is 0. The molecule has 0 aliphatic carbocycles. The van der Waals surface area contributed by atoms with Gasteiger partial charge in [-0.2, -0.15) is 0 Å². The van der Waals surface area contributed by atoms with E-state index >= 15 is 0 Å². The summed E-state index contributed by atoms with van der Waals surface area (Å²) in [6, 6.07) is 13.5. The summed E-state index contributed by atoms with van der Waals surface area (Å²) in [6.07, 6.45) is -3.46. The van der Waals surface area contributed by atoms with Crippen LogP contribution < -0.4 is 4.74 Å². The maximum Gasteiger partial charge on any atom is 0.202 e. The zero-order chi connectivity index (χ0) is 14.8. The van der Waals surface area contributed by atoms with Crippen LogP contribution in [-0.2, 0) is 4.74 Å². The molecule has 4 atom stereocenters. The maximum absolute atomic E-state index is 9.82. The van der Waals surface area contributed by atoms with Crippen LogP contribution in [0.1, 0.15) is 6.42 Å². The lowest BCUT2D eigenvalue weighted by atomic mass is 10.0. The summed E-state index contributed by atoms with van der Waals surface area (Å²) in [6.45, 7) is -0.367. The molecule has 0 unspecified atom stereocenters. The number of benzene rings is 2. The topological polar surface area (TPSA) is 79.2 Å². The average molecular weight is 290 g/mol. The summed E-state index contributed by atoms with van der Waals surface area (Å²) in [5.74, 6) is 0.651. The molecule has 2 aromatic carbocycles. The first-order valence-electron chi connectivity index (χ1n) is 6.96. The number of hydrogen-bond acceptors (Lipinski definition) is 5. The van der Waals surface area contributed by atoms with Crippen molar-refractivity contribution in [3.63, 3.8) is 0 Å². The van der Waals surface area contributed by atoms with Crippen molar-refractivity contribution in [2.75, 3.05) is 6.61 Å². The molecule has 21 heavy (non-hydrogen) atoms. The smallest absolute Gasteiger partial charge is 0.202 e. The lowest BCUT2D eigenvalue weighted by Crippen LogP contribution is -2.51. The average Bonchev–Trinajstić information content (AvgIpc) is 2.51. The molecule has 3 rings (SSSR count). The minimum atomic E-state index is -1.10. The van der Waals surface area contributed by atoms with Crippen molar-refractivity contribution in [1.82, 2.24) is 0 Å². The van der Waals surface area contributed by atoms with Crippen molar-refractivity contribution in [2.45, 2.75) is 31.0 Å². The van der Waals surface area contributed by atoms with Crippen molar-refractivity contribution in [2.24, 2.45) is 0 Å². The molecule has 1 aliphatic rings. The fourth-order valence-electron chi connectivity index (χ4n) is 2.58. The molecule has 1 aliphatic heterocycles. The van der Waals surface area contributed by atoms with Gasteiger partial charge in [0.1, 0.15) is 18.0 Å². The molecular weight excluding hydrogens is 272 g/mol. The number of hydrogen-bond donors (Lipinski definition) is 3. The van der Waals surface area contributed by atoms with Crippen LogP contribution in [0.3, 0.4) is 0 Å². The van der Waals surface area contributed by atoms with Crippen LogP contribution in [0, 0.1) is 0 Å². The summed E-state index contributed by atoms with van der Waals surface area (Å²) in [4.78, 5) is 0. The highest BCUT2D eigenvalue weighted by atomic mass is 16.7. The van der Waals surface area contributed by atoms with Gasteiger partial charge in [-0.05, 0) is 11.5 Å². The highest BCUT2D eigenvalue weighted by molar-refractivity contribution is 5.88. The van der Waals surface area contributed by atoms with E-state index in [9.17, 15) is 15.3 Å². The second kappa shape index (κ2) is 5.99. The Kier molecular flexibility index (Phi) is 4.07. The highest BCUT2D eigenvalue weighted by Gasteiger charge is 2.37. The lowest BCUT2D eigenvalue weighted by molar-refractivity contribution is -0.229. The van der Waals surface area contributed by atoms with Crippen LogP contribution in [0.5, 0.6) is 5.75 Å². The second-order valence-corrected chi connectivity index (χ2v) is 5.18. The third-order valence-corrected chi connectivity index (χ3v) is 3.72. The minimum absolute atomic E-state index is 0.154. The fourth-order valence-corrected chi connectivity index (χ4v) is 2.58. The monoisotopic (exact) mass is 290 g/mol. The van der Waals surface area contributed by atoms with Gasteiger partial charge < -0.3 is 24.8 Å². The first kappa shape index (κ1) is 14.3. The van der Waals surface area contributed by atoms with E-state index in [1.165, 1.54) is 0 Å². The van der Waals surface area contributed by atoms with E-state index in [0.29, 0.717) is 5.75 Å². The van der Waals surface area contributed by atoms with Crippen molar-refractivity contribution in [3.05, 3.63) is 42.5 Å². The first-order valence-corrected chi connectivity index (χ1v) is 6.96. The van der Waals surface area contributed by atoms with Crippen LogP contribution in [0.4, 0.5) is 0 Å². The van der Waals surface area contributed by atoms with E-state index in [-0.39, 0.29) is 13.0 Å². The van der Waals surface area contributed by atoms with Gasteiger partial charge in [-0.25, -0.2) is 0 Å². The Morgan fingerprint density at radius 3 is 2.67 bits per heavy atom. The van der Waals surface area contributed by atoms with Gasteiger partial charge in [-0.3, -0.25) is 0 Å². The van der Waals surface area contributed by atoms with E-state index < -0.39 is 24.6 Å². The first-order chi connectivity index (χ1) is 10.2. The molecule has 1 fully saturated rings. The zero-order valence-corrected chi connectivity index (χ0v) is 11.4. The lowest BCUT2D eigenvalue weighted by Gasteiger charge is -2.36. The molecule has 5 nitrogen and oxygen atoms in total. The van der Waals surface area contributed by atoms with E-state index in [1.54, 1.807) is 0 Å². The molecule has 1 saturated heterocycles. The Morgan fingerprint density at radius 2 is 1.86 bits per heavy atom. The molecule has 1 heterocycles. The molecule has 0 aromatic heterocycles. The zero-order valence-electron chi connectivity index (χ0n) is 11.4. The Bertz CT molecular complexity index is 609. The third kappa shape index (κ3) is 2.87. The van der Waals surface area contributed by atoms with Crippen LogP contribution in [0.15, 0.2) is 42.5 Å². The molecule has 0 saturated carbocycles. The van der Waals surface area contributed by atoms with Gasteiger partial charge in [-0.15, -0.1) is 0 Å². The van der Waals surface area contributed by atoms with Crippen LogP contribution in [-0.4, -0.2) is 46.5 Å². The van der Waals surface area contributed by atoms with Crippen molar-refractivity contribution < 1.29 is 24.8 Å². The van der Waals surface area contributed by atoms with Crippen LogP contribution >= 0.6 is 0 Å². The largest absolute Gasteiger partial charge is 0.464 e. The van der Waals surface area contributed by atoms with E-state index in [0.717, 1.165) is 10.8 Å². The van der Waals surface area contributed by atoms with Crippen molar-refractivity contribution >= 4 is 10.8 Å². The Labute approximate surface area is 122 Å². The quantitative estimate of drug-likeness (QED) is 0.787. The van der Waals surface area contributed by atoms with Crippen molar-refractivity contribution in [1.29, 1.82) is 0 Å². The van der Waals surface area contributed by atoms with Gasteiger partial charge in [0.25, 0.3) is 0 Å². The molecule has 112 valence electrons. The van der Waals surface area contributed by atoms with Crippen molar-refractivity contribution in [3.8, 4) is 5.75 Å². The van der Waals surface area contributed by atoms with Gasteiger partial charge in [0.2, 0.25) is 6.29 Å². The molecule has 5 heteroatoms. The van der Waals surface area contributed by atoms with Gasteiger partial charge in [0, 0.05) is 11.8 Å². The Morgan fingerprint density at radius 1 is 1.10 bits per heavy atom. The SMILES string of the molecule is OC[C@H]1O[C@H](Oc2cccc3ccccc23)C[C@@H](O)[C@@H]1O. The van der Waals surface area contributed by atoms with E-state index in [4.69, 9.17) is 9.47 Å². The van der Waals surface area contributed by atoms with E-state index in [2.05, 4.69) is 0 Å². The van der Waals surface area contributed by atoms with Crippen LogP contribution in [0.25, 0.3) is 10.8 Å². The standard InChI is InChI=1S/C16H18O5/c17-9-14-16(19)12(18)8-15(21-14)20-13-7-3-5-10-4-1-2-6-11(10)13/h1-7,12,14-19H,8-9H2/t12-,14-,15+,16+/m1/s1. The number of aliphatic hydroxyl groups excluding tert-OH is 3. The molecule has 0 spiro atoms. The third-order valence-electron chi connectivity index (χ3n) is 3.72. The molecule has 0 bridgehead atoms. The normalized spacial score (nSPS) is 29.5. The predicted molar refractivity (Wildman–Crippen MR) is 77.0 cm³/mol. The number of rotatable bonds is 3. The number of fused-ring (bicyclic) bond motifs is 1. The number of ether oxygens (including phenoxy) is 2. The van der Waals surface area contributed by atoms with Gasteiger partial charge in [-0.1, -0.05) is 36.4 Å². The number of aliphatic hydroxyl groups is 3. The summed E-state index contributed by atoms with van der Waals surface area (Å²) < 4.78 is 11.3. The highest BCUT2D eigenvalue weighted by Crippen LogP contribution is 2.29. The molecule has 0 amide bonds. The van der Waals surface area contributed by atoms with E-state index in [1.807, 2.05) is 42.5 Å².